The molecule has 0 heterocycles. The van der Waals surface area contributed by atoms with E-state index in [2.05, 4.69) is 0 Å². The van der Waals surface area contributed by atoms with Gasteiger partial charge in [0.25, 0.3) is 0 Å². The Morgan fingerprint density at radius 1 is 1.22 bits per heavy atom. The Hall–Kier alpha value is -1.71. The number of nitrogens with zero attached hydrogens (tertiary/aromatic N) is 1. The second-order valence-corrected chi connectivity index (χ2v) is 6.46. The molecule has 7 nitrogen and oxygen atoms in total. The molecular weight excluding hydrogens is 357 g/mol. The summed E-state index contributed by atoms with van der Waals surface area (Å²) in [5.74, 6) is -1.18. The summed E-state index contributed by atoms with van der Waals surface area (Å²) in [6, 6.07) is 5.53. The van der Waals surface area contributed by atoms with Gasteiger partial charge in [0, 0.05) is 0 Å². The third kappa shape index (κ3) is 4.28. The van der Waals surface area contributed by atoms with Gasteiger partial charge in [-0.2, -0.15) is 0 Å². The van der Waals surface area contributed by atoms with E-state index in [0.717, 1.165) is 0 Å². The van der Waals surface area contributed by atoms with Gasteiger partial charge >= 0.3 is 111 Å². The van der Waals surface area contributed by atoms with E-state index in [0.29, 0.717) is 3.57 Å². The Morgan fingerprint density at radius 2 is 1.78 bits per heavy atom. The third-order valence-corrected chi connectivity index (χ3v) is 5.28. The van der Waals surface area contributed by atoms with Crippen molar-refractivity contribution < 1.29 is 20.6 Å². The first kappa shape index (κ1) is 14.4. The van der Waals surface area contributed by atoms with Crippen LogP contribution in [0.5, 0.6) is 0 Å². The molecule has 0 unspecified atom stereocenters. The van der Waals surface area contributed by atoms with Crippen molar-refractivity contribution in [2.75, 3.05) is 0 Å². The van der Waals surface area contributed by atoms with Crippen LogP contribution in [-0.4, -0.2) is 16.9 Å². The van der Waals surface area contributed by atoms with Crippen LogP contribution >= 0.6 is 20.6 Å². The van der Waals surface area contributed by atoms with Crippen molar-refractivity contribution in [1.29, 1.82) is 0 Å². The summed E-state index contributed by atoms with van der Waals surface area (Å²) < 4.78 is 10.2. The van der Waals surface area contributed by atoms with E-state index in [1.807, 2.05) is 0 Å². The Labute approximate surface area is 111 Å². The van der Waals surface area contributed by atoms with Gasteiger partial charge in [0.2, 0.25) is 0 Å². The minimum absolute atomic E-state index is 0.144. The van der Waals surface area contributed by atoms with Crippen molar-refractivity contribution in [2.24, 2.45) is 0 Å². The molecule has 8 heteroatoms. The van der Waals surface area contributed by atoms with Crippen LogP contribution in [-0.2, 0) is 15.7 Å². The van der Waals surface area contributed by atoms with E-state index in [1.54, 1.807) is 0 Å². The van der Waals surface area contributed by atoms with Crippen molar-refractivity contribution in [3.05, 3.63) is 37.9 Å². The maximum absolute atomic E-state index is 10.9. The number of carbonyl (C=O) groups is 2. The van der Waals surface area contributed by atoms with Crippen molar-refractivity contribution in [3.8, 4) is 0 Å². The Balaban J connectivity index is 3.03. The SMILES string of the molecule is CC(=O)OI(OC(C)=O)c1cccc([N+](=O)[O-])c1. The molecule has 0 bridgehead atoms. The number of carbonyl (C=O) groups excluding carboxylic acids is 2. The molecular formula is C10H10INO6. The van der Waals surface area contributed by atoms with Crippen molar-refractivity contribution in [1.82, 2.24) is 0 Å². The van der Waals surface area contributed by atoms with Gasteiger partial charge in [-0.05, 0) is 0 Å². The molecule has 1 rings (SSSR count). The molecule has 1 aromatic carbocycles. The molecule has 0 aliphatic carbocycles. The van der Waals surface area contributed by atoms with Gasteiger partial charge in [0.05, 0.1) is 0 Å². The number of rotatable bonds is 4. The van der Waals surface area contributed by atoms with Crippen molar-refractivity contribution in [3.63, 3.8) is 0 Å². The quantitative estimate of drug-likeness (QED) is 0.460. The molecule has 1 aromatic rings. The van der Waals surface area contributed by atoms with Gasteiger partial charge in [-0.25, -0.2) is 0 Å². The van der Waals surface area contributed by atoms with Crippen LogP contribution in [0.15, 0.2) is 24.3 Å². The first-order valence-electron chi connectivity index (χ1n) is 4.72. The summed E-state index contributed by atoms with van der Waals surface area (Å²) in [7, 11) is 0. The second kappa shape index (κ2) is 6.28. The minimum atomic E-state index is -2.97. The van der Waals surface area contributed by atoms with E-state index in [-0.39, 0.29) is 5.69 Å². The van der Waals surface area contributed by atoms with Gasteiger partial charge in [-0.15, -0.1) is 0 Å². The molecule has 98 valence electrons. The molecule has 0 saturated carbocycles. The first-order valence-corrected chi connectivity index (χ1v) is 7.56. The van der Waals surface area contributed by atoms with Crippen LogP contribution in [0.1, 0.15) is 13.8 Å². The molecule has 0 aliphatic heterocycles. The number of non-ortho nitro benzene ring substituents is 1. The average molecular weight is 367 g/mol. The van der Waals surface area contributed by atoms with Crippen LogP contribution in [0.2, 0.25) is 0 Å². The fraction of sp³-hybridized carbons (Fsp3) is 0.200. The fourth-order valence-electron chi connectivity index (χ4n) is 0.988. The number of nitro benzene ring substituents is 1. The predicted octanol–water partition coefficient (Wildman–Crippen LogP) is 2.23. The van der Waals surface area contributed by atoms with E-state index >= 15 is 0 Å². The van der Waals surface area contributed by atoms with Gasteiger partial charge in [0.15, 0.2) is 0 Å². The average Bonchev–Trinajstić information content (AvgIpc) is 2.27. The zero-order chi connectivity index (χ0) is 13.7. The van der Waals surface area contributed by atoms with Crippen LogP contribution in [0.4, 0.5) is 5.69 Å². The first-order chi connectivity index (χ1) is 8.40. The van der Waals surface area contributed by atoms with Crippen LogP contribution in [0.3, 0.4) is 0 Å². The molecule has 0 radical (unpaired) electrons. The topological polar surface area (TPSA) is 95.7 Å². The summed E-state index contributed by atoms with van der Waals surface area (Å²) in [5, 5.41) is 10.6. The number of benzene rings is 1. The fourth-order valence-corrected chi connectivity index (χ4v) is 3.79. The van der Waals surface area contributed by atoms with Crippen molar-refractivity contribution in [2.45, 2.75) is 13.8 Å². The summed E-state index contributed by atoms with van der Waals surface area (Å²) >= 11 is -2.97. The number of nitro groups is 1. The normalized spacial score (nSPS) is 10.4. The van der Waals surface area contributed by atoms with E-state index < -0.39 is 37.5 Å². The van der Waals surface area contributed by atoms with Gasteiger partial charge in [-0.3, -0.25) is 0 Å². The predicted molar refractivity (Wildman–Crippen MR) is 69.3 cm³/mol. The summed E-state index contributed by atoms with van der Waals surface area (Å²) in [6.45, 7) is 2.37. The molecule has 0 spiro atoms. The molecule has 0 saturated heterocycles. The molecule has 0 aliphatic rings. The molecule has 0 amide bonds. The van der Waals surface area contributed by atoms with E-state index in [9.17, 15) is 19.7 Å². The number of halogens is 1. The summed E-state index contributed by atoms with van der Waals surface area (Å²) in [4.78, 5) is 31.9. The Kier molecular flexibility index (Phi) is 5.01. The van der Waals surface area contributed by atoms with Gasteiger partial charge in [-0.1, -0.05) is 0 Å². The van der Waals surface area contributed by atoms with Crippen LogP contribution in [0, 0.1) is 13.7 Å². The molecule has 0 aromatic heterocycles. The molecule has 18 heavy (non-hydrogen) atoms. The number of hydrogen-bond donors (Lipinski definition) is 0. The van der Waals surface area contributed by atoms with Gasteiger partial charge in [0.1, 0.15) is 0 Å². The summed E-state index contributed by atoms with van der Waals surface area (Å²) in [6.07, 6.45) is 0. The number of hydrogen-bond acceptors (Lipinski definition) is 6. The summed E-state index contributed by atoms with van der Waals surface area (Å²) in [5.41, 5.74) is -0.144. The molecule has 0 fully saturated rings. The van der Waals surface area contributed by atoms with Crippen molar-refractivity contribution >= 4 is 38.3 Å². The second-order valence-electron chi connectivity index (χ2n) is 3.09. The monoisotopic (exact) mass is 367 g/mol. The zero-order valence-corrected chi connectivity index (χ0v) is 11.7. The third-order valence-electron chi connectivity index (χ3n) is 1.55. The van der Waals surface area contributed by atoms with Crippen LogP contribution < -0.4 is 0 Å². The van der Waals surface area contributed by atoms with Gasteiger partial charge < -0.3 is 0 Å². The zero-order valence-electron chi connectivity index (χ0n) is 9.58. The molecule has 0 atom stereocenters. The standard InChI is InChI=1S/C10H10INO6/c1-7(13)17-11(18-8(2)14)9-4-3-5-10(6-9)12(15)16/h3-6H,1-2H3. The van der Waals surface area contributed by atoms with E-state index in [4.69, 9.17) is 6.13 Å². The Bertz CT molecular complexity index is 473. The molecule has 0 N–H and O–H groups in total. The Morgan fingerprint density at radius 3 is 2.22 bits per heavy atom. The van der Waals surface area contributed by atoms with E-state index in [1.165, 1.54) is 38.1 Å². The maximum atomic E-state index is 10.9. The van der Waals surface area contributed by atoms with Crippen LogP contribution in [0.25, 0.3) is 0 Å².